The van der Waals surface area contributed by atoms with Gasteiger partial charge >= 0.3 is 0 Å². The number of nitrogens with one attached hydrogen (secondary N) is 1. The van der Waals surface area contributed by atoms with Gasteiger partial charge < -0.3 is 19.4 Å². The van der Waals surface area contributed by atoms with Crippen LogP contribution < -0.4 is 9.47 Å². The van der Waals surface area contributed by atoms with E-state index in [2.05, 4.69) is 4.98 Å². The molecule has 1 atom stereocenters. The van der Waals surface area contributed by atoms with E-state index in [0.29, 0.717) is 31.1 Å². The molecule has 1 fully saturated rings. The first-order valence-corrected chi connectivity index (χ1v) is 8.06. The van der Waals surface area contributed by atoms with Crippen LogP contribution in [-0.4, -0.2) is 35.5 Å². The van der Waals surface area contributed by atoms with Gasteiger partial charge in [-0.2, -0.15) is 5.26 Å². The van der Waals surface area contributed by atoms with E-state index < -0.39 is 0 Å². The van der Waals surface area contributed by atoms with Crippen molar-refractivity contribution in [1.82, 2.24) is 9.88 Å². The zero-order chi connectivity index (χ0) is 16.5. The fraction of sp³-hybridized carbons (Fsp3) is 0.333. The van der Waals surface area contributed by atoms with Crippen molar-refractivity contribution >= 4 is 5.91 Å². The Morgan fingerprint density at radius 1 is 1.25 bits per heavy atom. The van der Waals surface area contributed by atoms with Crippen molar-refractivity contribution in [2.75, 3.05) is 19.8 Å². The molecule has 1 unspecified atom stereocenters. The summed E-state index contributed by atoms with van der Waals surface area (Å²) in [6.07, 6.45) is 1.82. The summed E-state index contributed by atoms with van der Waals surface area (Å²) in [5, 5.41) is 8.92. The molecular weight excluding hydrogens is 306 g/mol. The number of para-hydroxylation sites is 1. The van der Waals surface area contributed by atoms with Gasteiger partial charge in [0.05, 0.1) is 6.04 Å². The first-order chi connectivity index (χ1) is 11.8. The molecule has 122 valence electrons. The van der Waals surface area contributed by atoms with Gasteiger partial charge in [0.2, 0.25) is 0 Å². The molecule has 1 N–H and O–H groups in total. The molecule has 1 aromatic carbocycles. The third kappa shape index (κ3) is 2.38. The molecular formula is C18H17N3O3. The lowest BCUT2D eigenvalue weighted by molar-refractivity contribution is 0.0725. The molecule has 1 amide bonds. The molecule has 3 heterocycles. The number of hydrogen-bond acceptors (Lipinski definition) is 4. The highest BCUT2D eigenvalue weighted by atomic mass is 16.6. The summed E-state index contributed by atoms with van der Waals surface area (Å²) in [5.41, 5.74) is 1.83. The van der Waals surface area contributed by atoms with E-state index in [4.69, 9.17) is 14.7 Å². The topological polar surface area (TPSA) is 78.3 Å². The molecule has 24 heavy (non-hydrogen) atoms. The molecule has 2 aliphatic heterocycles. The van der Waals surface area contributed by atoms with Crippen molar-refractivity contribution < 1.29 is 14.3 Å². The summed E-state index contributed by atoms with van der Waals surface area (Å²) >= 11 is 0. The highest BCUT2D eigenvalue weighted by Gasteiger charge is 2.34. The average molecular weight is 323 g/mol. The van der Waals surface area contributed by atoms with Crippen molar-refractivity contribution in [2.45, 2.75) is 18.9 Å². The molecule has 1 aromatic heterocycles. The summed E-state index contributed by atoms with van der Waals surface area (Å²) in [6, 6.07) is 11.1. The smallest absolute Gasteiger partial charge is 0.270 e. The van der Waals surface area contributed by atoms with E-state index >= 15 is 0 Å². The van der Waals surface area contributed by atoms with Crippen LogP contribution in [0.15, 0.2) is 30.3 Å². The number of fused-ring (bicyclic) bond motifs is 1. The first-order valence-electron chi connectivity index (χ1n) is 8.06. The lowest BCUT2D eigenvalue weighted by Crippen LogP contribution is -2.31. The van der Waals surface area contributed by atoms with Gasteiger partial charge in [0.25, 0.3) is 5.91 Å². The van der Waals surface area contributed by atoms with Crippen LogP contribution in [0.2, 0.25) is 0 Å². The van der Waals surface area contributed by atoms with Crippen LogP contribution in [0, 0.1) is 11.3 Å². The van der Waals surface area contributed by atoms with Crippen LogP contribution in [0.1, 0.15) is 40.6 Å². The number of benzene rings is 1. The van der Waals surface area contributed by atoms with E-state index in [1.807, 2.05) is 29.2 Å². The number of H-pyrrole nitrogens is 1. The SMILES string of the molecule is N#Cc1ccc(C(=O)N2CCCC2c2cccc3c2OCCO3)[nH]1. The average Bonchev–Trinajstić information content (AvgIpc) is 3.30. The third-order valence-corrected chi connectivity index (χ3v) is 4.51. The van der Waals surface area contributed by atoms with Crippen LogP contribution in [0.3, 0.4) is 0 Å². The van der Waals surface area contributed by atoms with Gasteiger partial charge in [0, 0.05) is 12.1 Å². The quantitative estimate of drug-likeness (QED) is 0.921. The van der Waals surface area contributed by atoms with E-state index in [-0.39, 0.29) is 11.9 Å². The maximum absolute atomic E-state index is 12.8. The Labute approximate surface area is 139 Å². The summed E-state index contributed by atoms with van der Waals surface area (Å²) in [4.78, 5) is 17.6. The molecule has 6 nitrogen and oxygen atoms in total. The van der Waals surface area contributed by atoms with Gasteiger partial charge in [-0.3, -0.25) is 4.79 Å². The Bertz CT molecular complexity index is 821. The number of carbonyl (C=O) groups is 1. The van der Waals surface area contributed by atoms with Crippen molar-refractivity contribution in [2.24, 2.45) is 0 Å². The second-order valence-electron chi connectivity index (χ2n) is 5.93. The summed E-state index contributed by atoms with van der Waals surface area (Å²) in [6.45, 7) is 1.75. The standard InChI is InChI=1S/C18H17N3O3/c19-11-12-6-7-14(20-12)18(22)21-8-2-4-15(21)13-3-1-5-16-17(13)24-10-9-23-16/h1,3,5-7,15,20H,2,4,8-10H2. The highest BCUT2D eigenvalue weighted by Crippen LogP contribution is 2.43. The van der Waals surface area contributed by atoms with Crippen LogP contribution >= 0.6 is 0 Å². The Hall–Kier alpha value is -2.94. The Kier molecular flexibility index (Phi) is 3.62. The lowest BCUT2D eigenvalue weighted by Gasteiger charge is -2.28. The number of aromatic amines is 1. The minimum absolute atomic E-state index is 0.0389. The number of aromatic nitrogens is 1. The van der Waals surface area contributed by atoms with Crippen molar-refractivity contribution in [3.05, 3.63) is 47.3 Å². The van der Waals surface area contributed by atoms with E-state index in [1.165, 1.54) is 0 Å². The second kappa shape index (κ2) is 5.93. The van der Waals surface area contributed by atoms with Crippen molar-refractivity contribution in [1.29, 1.82) is 5.26 Å². The Morgan fingerprint density at radius 3 is 2.96 bits per heavy atom. The first kappa shape index (κ1) is 14.6. The third-order valence-electron chi connectivity index (χ3n) is 4.51. The number of rotatable bonds is 2. The molecule has 1 saturated heterocycles. The summed E-state index contributed by atoms with van der Waals surface area (Å²) < 4.78 is 11.5. The van der Waals surface area contributed by atoms with E-state index in [0.717, 1.165) is 29.9 Å². The molecule has 4 rings (SSSR count). The zero-order valence-corrected chi connectivity index (χ0v) is 13.1. The number of carbonyl (C=O) groups excluding carboxylic acids is 1. The van der Waals surface area contributed by atoms with Gasteiger partial charge in [-0.05, 0) is 31.0 Å². The number of likely N-dealkylation sites (tertiary alicyclic amines) is 1. The monoisotopic (exact) mass is 323 g/mol. The lowest BCUT2D eigenvalue weighted by atomic mass is 10.0. The van der Waals surface area contributed by atoms with Crippen molar-refractivity contribution in [3.8, 4) is 17.6 Å². The summed E-state index contributed by atoms with van der Waals surface area (Å²) in [5.74, 6) is 1.40. The molecule has 0 bridgehead atoms. The van der Waals surface area contributed by atoms with Crippen LogP contribution in [-0.2, 0) is 0 Å². The highest BCUT2D eigenvalue weighted by molar-refractivity contribution is 5.93. The van der Waals surface area contributed by atoms with Crippen LogP contribution in [0.5, 0.6) is 11.5 Å². The molecule has 0 radical (unpaired) electrons. The maximum atomic E-state index is 12.8. The Balaban J connectivity index is 1.66. The molecule has 2 aliphatic rings. The number of hydrogen-bond donors (Lipinski definition) is 1. The number of nitrogens with zero attached hydrogens (tertiary/aromatic N) is 2. The Morgan fingerprint density at radius 2 is 2.12 bits per heavy atom. The number of amides is 1. The maximum Gasteiger partial charge on any atom is 0.270 e. The fourth-order valence-electron chi connectivity index (χ4n) is 3.43. The van der Waals surface area contributed by atoms with Gasteiger partial charge in [0.1, 0.15) is 30.7 Å². The molecule has 0 aliphatic carbocycles. The molecule has 6 heteroatoms. The molecule has 2 aromatic rings. The predicted molar refractivity (Wildman–Crippen MR) is 86.0 cm³/mol. The fourth-order valence-corrected chi connectivity index (χ4v) is 3.43. The number of nitriles is 1. The van der Waals surface area contributed by atoms with Gasteiger partial charge in [0.15, 0.2) is 11.5 Å². The minimum Gasteiger partial charge on any atom is -0.486 e. The van der Waals surface area contributed by atoms with Crippen LogP contribution in [0.25, 0.3) is 0 Å². The van der Waals surface area contributed by atoms with Gasteiger partial charge in [-0.1, -0.05) is 12.1 Å². The number of ether oxygens (including phenoxy) is 2. The van der Waals surface area contributed by atoms with E-state index in [1.54, 1.807) is 12.1 Å². The minimum atomic E-state index is -0.0895. The van der Waals surface area contributed by atoms with E-state index in [9.17, 15) is 4.79 Å². The van der Waals surface area contributed by atoms with Gasteiger partial charge in [-0.25, -0.2) is 0 Å². The predicted octanol–water partition coefficient (Wildman–Crippen LogP) is 2.63. The molecule has 0 saturated carbocycles. The zero-order valence-electron chi connectivity index (χ0n) is 13.1. The van der Waals surface area contributed by atoms with Gasteiger partial charge in [-0.15, -0.1) is 0 Å². The van der Waals surface area contributed by atoms with Crippen LogP contribution in [0.4, 0.5) is 0 Å². The second-order valence-corrected chi connectivity index (χ2v) is 5.93. The largest absolute Gasteiger partial charge is 0.486 e. The normalized spacial score (nSPS) is 19.1. The van der Waals surface area contributed by atoms with Crippen molar-refractivity contribution in [3.63, 3.8) is 0 Å². The summed E-state index contributed by atoms with van der Waals surface area (Å²) in [7, 11) is 0. The molecule has 0 spiro atoms.